The van der Waals surface area contributed by atoms with Crippen molar-refractivity contribution in [1.29, 1.82) is 0 Å². The zero-order chi connectivity index (χ0) is 16.0. The molecule has 0 aromatic rings. The first kappa shape index (κ1) is 18.1. The van der Waals surface area contributed by atoms with Gasteiger partial charge in [-0.3, -0.25) is 4.57 Å². The molecule has 0 amide bonds. The van der Waals surface area contributed by atoms with Crippen molar-refractivity contribution in [1.82, 2.24) is 0 Å². The van der Waals surface area contributed by atoms with Crippen molar-refractivity contribution in [3.8, 4) is 0 Å². The topological polar surface area (TPSA) is 74.2 Å². The van der Waals surface area contributed by atoms with Crippen LogP contribution in [0, 0.1) is 0 Å². The smallest absolute Gasteiger partial charge is 0.327 e. The van der Waals surface area contributed by atoms with Crippen LogP contribution >= 0.6 is 7.60 Å². The Morgan fingerprint density at radius 3 is 2.15 bits per heavy atom. The molecule has 1 N–H and O–H groups in total. The molecular weight excluding hydrogens is 282 g/mol. The summed E-state index contributed by atoms with van der Waals surface area (Å²) in [6, 6.07) is 0. The summed E-state index contributed by atoms with van der Waals surface area (Å²) in [7, 11) is 1.49. The largest absolute Gasteiger partial charge is 0.385 e. The average Bonchev–Trinajstić information content (AvgIpc) is 2.44. The Morgan fingerprint density at radius 1 is 1.25 bits per heavy atom. The van der Waals surface area contributed by atoms with Crippen LogP contribution in [0.5, 0.6) is 0 Å². The summed E-state index contributed by atoms with van der Waals surface area (Å²) in [6.45, 7) is 8.37. The van der Waals surface area contributed by atoms with Crippen LogP contribution in [0.3, 0.4) is 0 Å². The van der Waals surface area contributed by atoms with E-state index in [2.05, 4.69) is 0 Å². The van der Waals surface area contributed by atoms with Gasteiger partial charge in [0.2, 0.25) is 0 Å². The summed E-state index contributed by atoms with van der Waals surface area (Å²) in [6.07, 6.45) is 0. The molecule has 0 radical (unpaired) electrons. The van der Waals surface area contributed by atoms with Gasteiger partial charge in [0.1, 0.15) is 24.6 Å². The highest BCUT2D eigenvalue weighted by Gasteiger charge is 2.71. The van der Waals surface area contributed by atoms with Gasteiger partial charge in [0.15, 0.2) is 0 Å². The maximum Gasteiger partial charge on any atom is 0.327 e. The van der Waals surface area contributed by atoms with Gasteiger partial charge >= 0.3 is 7.60 Å². The van der Waals surface area contributed by atoms with Gasteiger partial charge in [-0.2, -0.15) is 0 Å². The summed E-state index contributed by atoms with van der Waals surface area (Å²) in [5, 5.41) is 10.9. The molecular formula is C12H26BO6P. The number of hydrogen-bond acceptors (Lipinski definition) is 6. The number of ether oxygens (including phenoxy) is 2. The molecule has 0 aromatic carbocycles. The molecule has 1 saturated heterocycles. The highest BCUT2D eigenvalue weighted by Crippen LogP contribution is 2.54. The summed E-state index contributed by atoms with van der Waals surface area (Å²) in [5.74, 6) is 0. The van der Waals surface area contributed by atoms with E-state index >= 15 is 0 Å². The van der Waals surface area contributed by atoms with E-state index < -0.39 is 29.9 Å². The number of aliphatic hydroxyl groups is 1. The van der Waals surface area contributed by atoms with Crippen molar-refractivity contribution in [2.75, 3.05) is 27.5 Å². The lowest BCUT2D eigenvalue weighted by Gasteiger charge is -2.44. The molecule has 0 aliphatic carbocycles. The number of rotatable bonds is 5. The highest BCUT2D eigenvalue weighted by molar-refractivity contribution is 7.52. The molecule has 1 aliphatic heterocycles. The van der Waals surface area contributed by atoms with Crippen LogP contribution in [0.1, 0.15) is 27.7 Å². The van der Waals surface area contributed by atoms with Crippen molar-refractivity contribution in [3.63, 3.8) is 0 Å². The molecule has 0 aromatic heterocycles. The minimum Gasteiger partial charge on any atom is -0.385 e. The van der Waals surface area contributed by atoms with E-state index in [1.807, 2.05) is 0 Å². The molecule has 1 fully saturated rings. The van der Waals surface area contributed by atoms with Gasteiger partial charge in [-0.05, 0) is 27.7 Å². The van der Waals surface area contributed by atoms with Crippen LogP contribution in [0.4, 0.5) is 0 Å². The Labute approximate surface area is 122 Å². The fraction of sp³-hybridized carbons (Fsp3) is 1.00. The second-order valence-corrected chi connectivity index (χ2v) is 8.55. The zero-order valence-corrected chi connectivity index (χ0v) is 14.5. The molecule has 0 spiro atoms. The van der Waals surface area contributed by atoms with Crippen LogP contribution in [0.2, 0.25) is 0 Å². The second kappa shape index (κ2) is 5.08. The summed E-state index contributed by atoms with van der Waals surface area (Å²) in [4.78, 5) is 0. The predicted octanol–water partition coefficient (Wildman–Crippen LogP) is 0.767. The van der Waals surface area contributed by atoms with Crippen molar-refractivity contribution >= 4 is 15.4 Å². The minimum atomic E-state index is -3.14. The van der Waals surface area contributed by atoms with Crippen molar-refractivity contribution < 1.29 is 28.2 Å². The van der Waals surface area contributed by atoms with E-state index in [9.17, 15) is 9.67 Å². The fourth-order valence-corrected chi connectivity index (χ4v) is 3.31. The van der Waals surface area contributed by atoms with Gasteiger partial charge in [-0.1, -0.05) is 0 Å². The monoisotopic (exact) mass is 308 g/mol. The van der Waals surface area contributed by atoms with Crippen LogP contribution in [0.25, 0.3) is 0 Å². The SMILES string of the molecule is BC1(C)OC(C)(COP(C)(=O)OC)C(C)(OC)C1(C)O. The summed E-state index contributed by atoms with van der Waals surface area (Å²) < 4.78 is 33.7. The van der Waals surface area contributed by atoms with E-state index in [0.29, 0.717) is 0 Å². The lowest BCUT2D eigenvalue weighted by atomic mass is 9.63. The summed E-state index contributed by atoms with van der Waals surface area (Å²) >= 11 is 0. The first-order chi connectivity index (χ1) is 8.79. The van der Waals surface area contributed by atoms with Gasteiger partial charge in [0.25, 0.3) is 0 Å². The standard InChI is InChI=1S/C12H26BO6P/c1-9(8-18-20(7,15)17-6)11(3,16-5)10(2,14)12(4,13)19-9/h14H,8,13H2,1-7H3. The van der Waals surface area contributed by atoms with Crippen molar-refractivity contribution in [2.24, 2.45) is 0 Å². The third-order valence-electron chi connectivity index (χ3n) is 4.91. The predicted molar refractivity (Wildman–Crippen MR) is 79.0 cm³/mol. The molecule has 20 heavy (non-hydrogen) atoms. The van der Waals surface area contributed by atoms with Gasteiger partial charge < -0.3 is 23.6 Å². The summed E-state index contributed by atoms with van der Waals surface area (Å²) in [5.41, 5.74) is -4.10. The van der Waals surface area contributed by atoms with Gasteiger partial charge in [0.05, 0.1) is 12.1 Å². The van der Waals surface area contributed by atoms with Crippen LogP contribution in [0.15, 0.2) is 0 Å². The molecule has 1 rings (SSSR count). The fourth-order valence-electron chi connectivity index (χ4n) is 2.72. The third-order valence-corrected chi connectivity index (χ3v) is 6.17. The molecule has 1 aliphatic rings. The molecule has 5 atom stereocenters. The highest BCUT2D eigenvalue weighted by atomic mass is 31.2. The zero-order valence-electron chi connectivity index (χ0n) is 13.6. The Kier molecular flexibility index (Phi) is 4.61. The quantitative estimate of drug-likeness (QED) is 0.597. The van der Waals surface area contributed by atoms with Gasteiger partial charge in [-0.15, -0.1) is 0 Å². The third kappa shape index (κ3) is 2.49. The molecule has 8 heteroatoms. The van der Waals surface area contributed by atoms with Gasteiger partial charge in [0, 0.05) is 20.9 Å². The van der Waals surface area contributed by atoms with E-state index in [4.69, 9.17) is 18.5 Å². The average molecular weight is 308 g/mol. The molecule has 5 unspecified atom stereocenters. The molecule has 118 valence electrons. The van der Waals surface area contributed by atoms with Crippen molar-refractivity contribution in [2.45, 2.75) is 50.0 Å². The minimum absolute atomic E-state index is 0.0153. The lowest BCUT2D eigenvalue weighted by Crippen LogP contribution is -2.64. The van der Waals surface area contributed by atoms with Crippen LogP contribution in [-0.4, -0.2) is 62.7 Å². The normalized spacial score (nSPS) is 48.2. The Balaban J connectivity index is 3.13. The Hall–Kier alpha value is 0.0949. The first-order valence-electron chi connectivity index (χ1n) is 6.54. The number of hydrogen-bond donors (Lipinski definition) is 1. The Bertz CT molecular complexity index is 426. The molecule has 0 bridgehead atoms. The van der Waals surface area contributed by atoms with E-state index in [0.717, 1.165) is 0 Å². The van der Waals surface area contributed by atoms with Gasteiger partial charge in [-0.25, -0.2) is 0 Å². The molecule has 1 heterocycles. The first-order valence-corrected chi connectivity index (χ1v) is 8.53. The van der Waals surface area contributed by atoms with E-state index in [1.165, 1.54) is 20.9 Å². The Morgan fingerprint density at radius 2 is 1.75 bits per heavy atom. The molecule has 6 nitrogen and oxygen atoms in total. The maximum atomic E-state index is 11.9. The maximum absolute atomic E-state index is 11.9. The van der Waals surface area contributed by atoms with E-state index in [1.54, 1.807) is 35.5 Å². The van der Waals surface area contributed by atoms with Crippen LogP contribution in [-0.2, 0) is 23.1 Å². The van der Waals surface area contributed by atoms with E-state index in [-0.39, 0.29) is 6.61 Å². The molecule has 0 saturated carbocycles. The second-order valence-electron chi connectivity index (χ2n) is 6.38. The number of methoxy groups -OCH3 is 1. The lowest BCUT2D eigenvalue weighted by molar-refractivity contribution is -0.178. The van der Waals surface area contributed by atoms with Crippen LogP contribution < -0.4 is 0 Å². The van der Waals surface area contributed by atoms with Crippen molar-refractivity contribution in [3.05, 3.63) is 0 Å².